The molecule has 1 aromatic heterocycles. The van der Waals surface area contributed by atoms with E-state index in [-0.39, 0.29) is 5.57 Å². The van der Waals surface area contributed by atoms with Crippen LogP contribution in [-0.4, -0.2) is 12.5 Å². The summed E-state index contributed by atoms with van der Waals surface area (Å²) in [6, 6.07) is 11.4. The van der Waals surface area contributed by atoms with Crippen molar-refractivity contribution in [1.82, 2.24) is 5.32 Å². The van der Waals surface area contributed by atoms with Crippen molar-refractivity contribution < 1.29 is 9.53 Å². The van der Waals surface area contributed by atoms with Gasteiger partial charge in [-0.1, -0.05) is 35.3 Å². The number of carbonyl (C=O) groups is 1. The summed E-state index contributed by atoms with van der Waals surface area (Å²) < 4.78 is 6.63. The molecule has 0 aliphatic rings. The molecule has 1 amide bonds. The molecule has 25 heavy (non-hydrogen) atoms. The van der Waals surface area contributed by atoms with Gasteiger partial charge in [-0.25, -0.2) is 0 Å². The summed E-state index contributed by atoms with van der Waals surface area (Å²) in [4.78, 5) is 13.3. The van der Waals surface area contributed by atoms with Gasteiger partial charge in [-0.2, -0.15) is 5.26 Å². The zero-order valence-corrected chi connectivity index (χ0v) is 16.3. The minimum atomic E-state index is -0.393. The molecule has 0 saturated carbocycles. The van der Waals surface area contributed by atoms with E-state index < -0.39 is 5.91 Å². The van der Waals surface area contributed by atoms with Gasteiger partial charge in [-0.05, 0) is 42.1 Å². The van der Waals surface area contributed by atoms with E-state index in [2.05, 4.69) is 28.2 Å². The number of carbonyl (C=O) groups excluding carboxylic acids is 1. The summed E-state index contributed by atoms with van der Waals surface area (Å²) in [5, 5.41) is 14.1. The fraction of sp³-hybridized carbons (Fsp3) is 0.263. The third-order valence-corrected chi connectivity index (χ3v) is 4.77. The summed E-state index contributed by atoms with van der Waals surface area (Å²) in [5.74, 6) is 0.269. The standard InChI is InChI=1S/C19H19BrN2O2S/c1-2-3-8-24-18-7-6-16(20)11-14(18)10-15(12-21)19(23)22-13-17-5-4-9-25-17/h4-7,9-11H,2-3,8,13H2,1H3,(H,22,23)/b15-10-. The Kier molecular flexibility index (Phi) is 7.71. The number of amides is 1. The summed E-state index contributed by atoms with van der Waals surface area (Å²) in [7, 11) is 0. The molecule has 0 saturated heterocycles. The first-order chi connectivity index (χ1) is 12.1. The fourth-order valence-corrected chi connectivity index (χ4v) is 3.09. The number of unbranched alkanes of at least 4 members (excludes halogenated alkanes) is 1. The van der Waals surface area contributed by atoms with Crippen LogP contribution < -0.4 is 10.1 Å². The second kappa shape index (κ2) is 10.0. The van der Waals surface area contributed by atoms with Gasteiger partial charge in [-0.3, -0.25) is 4.79 Å². The molecule has 4 nitrogen and oxygen atoms in total. The number of halogens is 1. The smallest absolute Gasteiger partial charge is 0.262 e. The Bertz CT molecular complexity index is 779. The highest BCUT2D eigenvalue weighted by Gasteiger charge is 2.11. The number of thiophene rings is 1. The predicted octanol–water partition coefficient (Wildman–Crippen LogP) is 4.91. The van der Waals surface area contributed by atoms with E-state index in [9.17, 15) is 10.1 Å². The van der Waals surface area contributed by atoms with Crippen molar-refractivity contribution in [3.63, 3.8) is 0 Å². The lowest BCUT2D eigenvalue weighted by Crippen LogP contribution is -2.23. The number of rotatable bonds is 8. The second-order valence-electron chi connectivity index (χ2n) is 5.32. The minimum Gasteiger partial charge on any atom is -0.493 e. The average molecular weight is 419 g/mol. The molecule has 0 aliphatic heterocycles. The first-order valence-electron chi connectivity index (χ1n) is 7.98. The normalized spacial score (nSPS) is 11.0. The quantitative estimate of drug-likeness (QED) is 0.376. The van der Waals surface area contributed by atoms with Gasteiger partial charge in [0, 0.05) is 14.9 Å². The highest BCUT2D eigenvalue weighted by atomic mass is 79.9. The molecule has 2 rings (SSSR count). The van der Waals surface area contributed by atoms with Crippen LogP contribution in [-0.2, 0) is 11.3 Å². The van der Waals surface area contributed by atoms with E-state index in [1.54, 1.807) is 17.4 Å². The first-order valence-corrected chi connectivity index (χ1v) is 9.66. The fourth-order valence-electron chi connectivity index (χ4n) is 2.07. The summed E-state index contributed by atoms with van der Waals surface area (Å²) in [5.41, 5.74) is 0.753. The molecule has 0 bridgehead atoms. The van der Waals surface area contributed by atoms with Crippen LogP contribution in [0.2, 0.25) is 0 Å². The van der Waals surface area contributed by atoms with Crippen LogP contribution >= 0.6 is 27.3 Å². The first kappa shape index (κ1) is 19.2. The second-order valence-corrected chi connectivity index (χ2v) is 7.26. The van der Waals surface area contributed by atoms with Gasteiger partial charge in [0.05, 0.1) is 13.2 Å². The molecule has 1 N–H and O–H groups in total. The summed E-state index contributed by atoms with van der Waals surface area (Å²) in [6.45, 7) is 3.11. The zero-order valence-electron chi connectivity index (χ0n) is 13.9. The molecule has 0 unspecified atom stereocenters. The van der Waals surface area contributed by atoms with Crippen LogP contribution in [0, 0.1) is 11.3 Å². The molecular formula is C19H19BrN2O2S. The molecule has 6 heteroatoms. The molecule has 0 aliphatic carbocycles. The minimum absolute atomic E-state index is 0.0509. The Labute approximate surface area is 160 Å². The van der Waals surface area contributed by atoms with Crippen molar-refractivity contribution >= 4 is 39.2 Å². The lowest BCUT2D eigenvalue weighted by molar-refractivity contribution is -0.117. The molecule has 1 heterocycles. The maximum absolute atomic E-state index is 12.3. The third-order valence-electron chi connectivity index (χ3n) is 3.40. The molecule has 0 spiro atoms. The number of nitriles is 1. The molecule has 2 aromatic rings. The largest absolute Gasteiger partial charge is 0.493 e. The Balaban J connectivity index is 2.15. The van der Waals surface area contributed by atoms with Crippen LogP contribution in [0.5, 0.6) is 5.75 Å². The SMILES string of the molecule is CCCCOc1ccc(Br)cc1/C=C(/C#N)C(=O)NCc1cccs1. The number of hydrogen-bond donors (Lipinski definition) is 1. The summed E-state index contributed by atoms with van der Waals surface area (Å²) >= 11 is 4.98. The van der Waals surface area contributed by atoms with Crippen molar-refractivity contribution in [3.8, 4) is 11.8 Å². The Hall–Kier alpha value is -2.10. The maximum Gasteiger partial charge on any atom is 0.262 e. The molecule has 1 aromatic carbocycles. The predicted molar refractivity (Wildman–Crippen MR) is 104 cm³/mol. The Morgan fingerprint density at radius 1 is 1.44 bits per heavy atom. The van der Waals surface area contributed by atoms with Gasteiger partial charge in [0.15, 0.2) is 0 Å². The molecule has 0 radical (unpaired) electrons. The van der Waals surface area contributed by atoms with E-state index in [1.807, 2.05) is 41.8 Å². The summed E-state index contributed by atoms with van der Waals surface area (Å²) in [6.07, 6.45) is 3.55. The maximum atomic E-state index is 12.3. The van der Waals surface area contributed by atoms with E-state index in [0.717, 1.165) is 22.2 Å². The van der Waals surface area contributed by atoms with Crippen molar-refractivity contribution in [3.05, 3.63) is 56.2 Å². The Morgan fingerprint density at radius 3 is 2.96 bits per heavy atom. The highest BCUT2D eigenvalue weighted by molar-refractivity contribution is 9.10. The zero-order chi connectivity index (χ0) is 18.1. The van der Waals surface area contributed by atoms with Crippen LogP contribution in [0.25, 0.3) is 6.08 Å². The molecular weight excluding hydrogens is 400 g/mol. The van der Waals surface area contributed by atoms with E-state index in [1.165, 1.54) is 0 Å². The number of nitrogens with one attached hydrogen (secondary N) is 1. The van der Waals surface area contributed by atoms with Crippen molar-refractivity contribution in [2.75, 3.05) is 6.61 Å². The van der Waals surface area contributed by atoms with Gasteiger partial charge in [0.1, 0.15) is 17.4 Å². The van der Waals surface area contributed by atoms with Gasteiger partial charge >= 0.3 is 0 Å². The topological polar surface area (TPSA) is 62.1 Å². The molecule has 0 atom stereocenters. The number of hydrogen-bond acceptors (Lipinski definition) is 4. The average Bonchev–Trinajstić information content (AvgIpc) is 3.13. The molecule has 130 valence electrons. The number of benzene rings is 1. The van der Waals surface area contributed by atoms with Crippen LogP contribution in [0.15, 0.2) is 45.8 Å². The monoisotopic (exact) mass is 418 g/mol. The molecule has 0 fully saturated rings. The highest BCUT2D eigenvalue weighted by Crippen LogP contribution is 2.26. The number of ether oxygens (including phenoxy) is 1. The Morgan fingerprint density at radius 2 is 2.28 bits per heavy atom. The van der Waals surface area contributed by atoms with Crippen LogP contribution in [0.3, 0.4) is 0 Å². The van der Waals surface area contributed by atoms with Gasteiger partial charge in [0.2, 0.25) is 0 Å². The van der Waals surface area contributed by atoms with Gasteiger partial charge < -0.3 is 10.1 Å². The van der Waals surface area contributed by atoms with E-state index >= 15 is 0 Å². The van der Waals surface area contributed by atoms with E-state index in [0.29, 0.717) is 24.5 Å². The number of nitrogens with zero attached hydrogens (tertiary/aromatic N) is 1. The van der Waals surface area contributed by atoms with Crippen molar-refractivity contribution in [2.24, 2.45) is 0 Å². The van der Waals surface area contributed by atoms with E-state index in [4.69, 9.17) is 4.74 Å². The van der Waals surface area contributed by atoms with Crippen LogP contribution in [0.4, 0.5) is 0 Å². The van der Waals surface area contributed by atoms with Gasteiger partial charge in [-0.15, -0.1) is 11.3 Å². The van der Waals surface area contributed by atoms with Crippen molar-refractivity contribution in [1.29, 1.82) is 5.26 Å². The van der Waals surface area contributed by atoms with Gasteiger partial charge in [0.25, 0.3) is 5.91 Å². The third kappa shape index (κ3) is 6.04. The lowest BCUT2D eigenvalue weighted by atomic mass is 10.1. The van der Waals surface area contributed by atoms with Crippen LogP contribution in [0.1, 0.15) is 30.2 Å². The van der Waals surface area contributed by atoms with Crippen molar-refractivity contribution in [2.45, 2.75) is 26.3 Å². The lowest BCUT2D eigenvalue weighted by Gasteiger charge is -2.10.